The number of nitrogens with one attached hydrogen (secondary N) is 3. The van der Waals surface area contributed by atoms with Gasteiger partial charge in [-0.2, -0.15) is 0 Å². The number of aromatic nitrogens is 2. The number of H-pyrrole nitrogens is 1. The number of amides is 2. The van der Waals surface area contributed by atoms with Crippen LogP contribution in [0, 0.1) is 6.92 Å². The van der Waals surface area contributed by atoms with Gasteiger partial charge in [-0.05, 0) is 31.0 Å². The van der Waals surface area contributed by atoms with E-state index in [0.717, 1.165) is 27.5 Å². The minimum Gasteiger partial charge on any atom is -0.358 e. The van der Waals surface area contributed by atoms with Gasteiger partial charge in [-0.15, -0.1) is 11.3 Å². The zero-order valence-corrected chi connectivity index (χ0v) is 17.8. The Morgan fingerprint density at radius 1 is 0.903 bits per heavy atom. The van der Waals surface area contributed by atoms with Gasteiger partial charge in [0.25, 0.3) is 5.91 Å². The van der Waals surface area contributed by atoms with Crippen LogP contribution in [0.15, 0.2) is 72.8 Å². The first kappa shape index (κ1) is 20.6. The van der Waals surface area contributed by atoms with Crippen molar-refractivity contribution in [3.8, 4) is 21.8 Å². The topological polar surface area (TPSA) is 86.9 Å². The quantitative estimate of drug-likeness (QED) is 0.394. The van der Waals surface area contributed by atoms with Crippen LogP contribution in [0.1, 0.15) is 27.5 Å². The van der Waals surface area contributed by atoms with Crippen molar-refractivity contribution >= 4 is 23.2 Å². The highest BCUT2D eigenvalue weighted by atomic mass is 32.1. The molecule has 6 nitrogen and oxygen atoms in total. The molecule has 0 atom stereocenters. The van der Waals surface area contributed by atoms with Crippen LogP contribution < -0.4 is 10.9 Å². The summed E-state index contributed by atoms with van der Waals surface area (Å²) in [6, 6.07) is 23.7. The summed E-state index contributed by atoms with van der Waals surface area (Å²) in [4.78, 5) is 33.0. The van der Waals surface area contributed by atoms with Gasteiger partial charge in [0, 0.05) is 23.4 Å². The van der Waals surface area contributed by atoms with Gasteiger partial charge in [0.2, 0.25) is 5.91 Å². The maximum absolute atomic E-state index is 12.5. The fraction of sp³-hybridized carbons (Fsp3) is 0.125. The molecule has 4 rings (SSSR count). The van der Waals surface area contributed by atoms with Crippen LogP contribution in [0.5, 0.6) is 0 Å². The number of carbonyl (C=O) groups is 2. The van der Waals surface area contributed by atoms with Crippen molar-refractivity contribution in [1.29, 1.82) is 0 Å². The molecular formula is C24H22N4O2S. The summed E-state index contributed by atoms with van der Waals surface area (Å²) in [6.45, 7) is 1.79. The Balaban J connectivity index is 1.29. The van der Waals surface area contributed by atoms with Crippen molar-refractivity contribution in [3.63, 3.8) is 0 Å². The van der Waals surface area contributed by atoms with E-state index >= 15 is 0 Å². The lowest BCUT2D eigenvalue weighted by atomic mass is 10.2. The zero-order valence-electron chi connectivity index (χ0n) is 17.0. The van der Waals surface area contributed by atoms with Crippen molar-refractivity contribution in [2.75, 3.05) is 0 Å². The van der Waals surface area contributed by atoms with E-state index in [1.807, 2.05) is 72.8 Å². The van der Waals surface area contributed by atoms with E-state index in [-0.39, 0.29) is 18.2 Å². The number of rotatable bonds is 6. The first-order chi connectivity index (χ1) is 15.1. The Bertz CT molecular complexity index is 1180. The van der Waals surface area contributed by atoms with Crippen LogP contribution in [-0.4, -0.2) is 21.8 Å². The van der Waals surface area contributed by atoms with E-state index in [2.05, 4.69) is 20.8 Å². The summed E-state index contributed by atoms with van der Waals surface area (Å²) in [6.07, 6.45) is 0.804. The van der Waals surface area contributed by atoms with Crippen molar-refractivity contribution < 1.29 is 9.59 Å². The van der Waals surface area contributed by atoms with Crippen LogP contribution in [0.25, 0.3) is 21.8 Å². The maximum atomic E-state index is 12.5. The highest BCUT2D eigenvalue weighted by Crippen LogP contribution is 2.27. The molecule has 0 saturated carbocycles. The number of hydrogen-bond acceptors (Lipinski definition) is 4. The SMILES string of the molecule is Cc1nc(-c2ccccc2)sc1C(=O)NNC(=O)CCc1ccc(-c2ccccc2)[nH]1. The van der Waals surface area contributed by atoms with Gasteiger partial charge < -0.3 is 4.98 Å². The summed E-state index contributed by atoms with van der Waals surface area (Å²) < 4.78 is 0. The number of hydrazine groups is 1. The average molecular weight is 431 g/mol. The molecule has 3 N–H and O–H groups in total. The van der Waals surface area contributed by atoms with Gasteiger partial charge >= 0.3 is 0 Å². The van der Waals surface area contributed by atoms with E-state index in [9.17, 15) is 9.59 Å². The first-order valence-corrected chi connectivity index (χ1v) is 10.8. The van der Waals surface area contributed by atoms with E-state index in [1.54, 1.807) is 6.92 Å². The molecule has 156 valence electrons. The van der Waals surface area contributed by atoms with Crippen molar-refractivity contribution in [2.24, 2.45) is 0 Å². The molecule has 0 radical (unpaired) electrons. The molecular weight excluding hydrogens is 408 g/mol. The molecule has 2 aromatic heterocycles. The highest BCUT2D eigenvalue weighted by molar-refractivity contribution is 7.17. The lowest BCUT2D eigenvalue weighted by Crippen LogP contribution is -2.41. The Kier molecular flexibility index (Phi) is 6.24. The Hall–Kier alpha value is -3.71. The summed E-state index contributed by atoms with van der Waals surface area (Å²) in [7, 11) is 0. The van der Waals surface area contributed by atoms with Crippen LogP contribution in [0.2, 0.25) is 0 Å². The number of benzene rings is 2. The van der Waals surface area contributed by atoms with Gasteiger partial charge in [0.15, 0.2) is 0 Å². The Morgan fingerprint density at radius 2 is 1.58 bits per heavy atom. The van der Waals surface area contributed by atoms with Gasteiger partial charge in [-0.25, -0.2) is 4.98 Å². The second kappa shape index (κ2) is 9.40. The van der Waals surface area contributed by atoms with Gasteiger partial charge in [0.05, 0.1) is 5.69 Å². The second-order valence-electron chi connectivity index (χ2n) is 7.07. The summed E-state index contributed by atoms with van der Waals surface area (Å²) >= 11 is 1.30. The largest absolute Gasteiger partial charge is 0.358 e. The van der Waals surface area contributed by atoms with Crippen LogP contribution >= 0.6 is 11.3 Å². The van der Waals surface area contributed by atoms with Crippen LogP contribution in [0.3, 0.4) is 0 Å². The summed E-state index contributed by atoms with van der Waals surface area (Å²) in [5, 5.41) is 0.774. The summed E-state index contributed by atoms with van der Waals surface area (Å²) in [5.41, 5.74) is 9.65. The monoisotopic (exact) mass is 430 g/mol. The first-order valence-electron chi connectivity index (χ1n) is 9.95. The number of carbonyl (C=O) groups excluding carboxylic acids is 2. The van der Waals surface area contributed by atoms with Crippen LogP contribution in [-0.2, 0) is 11.2 Å². The zero-order chi connectivity index (χ0) is 21.6. The second-order valence-corrected chi connectivity index (χ2v) is 8.06. The fourth-order valence-corrected chi connectivity index (χ4v) is 4.14. The number of thiazole rings is 1. The molecule has 0 bridgehead atoms. The standard InChI is InChI=1S/C24H22N4O2S/c1-16-22(31-24(25-16)18-10-6-3-7-11-18)23(30)28-27-21(29)15-13-19-12-14-20(26-19)17-8-4-2-5-9-17/h2-12,14,26H,13,15H2,1H3,(H,27,29)(H,28,30). The molecule has 31 heavy (non-hydrogen) atoms. The number of aryl methyl sites for hydroxylation is 2. The third-order valence-corrected chi connectivity index (χ3v) is 6.00. The van der Waals surface area contributed by atoms with E-state index in [4.69, 9.17) is 0 Å². The molecule has 2 aromatic carbocycles. The normalized spacial score (nSPS) is 10.6. The number of nitrogens with zero attached hydrogens (tertiary/aromatic N) is 1. The fourth-order valence-electron chi connectivity index (χ4n) is 3.18. The van der Waals surface area contributed by atoms with E-state index < -0.39 is 0 Å². The average Bonchev–Trinajstić information content (AvgIpc) is 3.44. The Labute approximate surface area is 184 Å². The third kappa shape index (κ3) is 5.07. The predicted molar refractivity (Wildman–Crippen MR) is 122 cm³/mol. The molecule has 7 heteroatoms. The van der Waals surface area contributed by atoms with Crippen molar-refractivity contribution in [3.05, 3.63) is 89.1 Å². The highest BCUT2D eigenvalue weighted by Gasteiger charge is 2.16. The molecule has 0 aliphatic carbocycles. The van der Waals surface area contributed by atoms with Crippen LogP contribution in [0.4, 0.5) is 0 Å². The molecule has 4 aromatic rings. The smallest absolute Gasteiger partial charge is 0.281 e. The molecule has 0 aliphatic heterocycles. The molecule has 0 spiro atoms. The molecule has 0 saturated heterocycles. The van der Waals surface area contributed by atoms with Gasteiger partial charge in [-0.1, -0.05) is 60.7 Å². The minimum absolute atomic E-state index is 0.255. The van der Waals surface area contributed by atoms with Gasteiger partial charge in [0.1, 0.15) is 9.88 Å². The molecule has 0 unspecified atom stereocenters. The number of aromatic amines is 1. The molecule has 2 amide bonds. The Morgan fingerprint density at radius 3 is 2.29 bits per heavy atom. The molecule has 0 aliphatic rings. The van der Waals surface area contributed by atoms with Gasteiger partial charge in [-0.3, -0.25) is 20.4 Å². The maximum Gasteiger partial charge on any atom is 0.281 e. The lowest BCUT2D eigenvalue weighted by Gasteiger charge is -2.06. The summed E-state index contributed by atoms with van der Waals surface area (Å²) in [5.74, 6) is -0.619. The minimum atomic E-state index is -0.364. The lowest BCUT2D eigenvalue weighted by molar-refractivity contribution is -0.121. The van der Waals surface area contributed by atoms with E-state index in [1.165, 1.54) is 11.3 Å². The molecule has 0 fully saturated rings. The van der Waals surface area contributed by atoms with Crippen molar-refractivity contribution in [1.82, 2.24) is 20.8 Å². The predicted octanol–water partition coefficient (Wildman–Crippen LogP) is 4.51. The van der Waals surface area contributed by atoms with E-state index in [0.29, 0.717) is 17.0 Å². The van der Waals surface area contributed by atoms with Crippen molar-refractivity contribution in [2.45, 2.75) is 19.8 Å². The number of hydrogen-bond donors (Lipinski definition) is 3. The molecule has 2 heterocycles. The third-order valence-electron chi connectivity index (χ3n) is 4.79.